The predicted molar refractivity (Wildman–Crippen MR) is 152 cm³/mol. The standard InChI is InChI=1S/C31H46O5S/c1-3-4-5-6-7-8-9-10-11-12-13-14-15-19-25-37(33,34)36-31(27-21-17-16-18-22-27)30(32)28-23-20-24-29(26-28)35-2/h16-18,20-24,26,31H,3-15,19,25H2,1-2H3. The molecule has 37 heavy (non-hydrogen) atoms. The molecule has 0 spiro atoms. The number of ketones is 1. The lowest BCUT2D eigenvalue weighted by molar-refractivity contribution is 0.0801. The molecule has 0 radical (unpaired) electrons. The normalized spacial score (nSPS) is 12.4. The monoisotopic (exact) mass is 530 g/mol. The molecule has 0 aliphatic carbocycles. The molecule has 2 aromatic rings. The van der Waals surface area contributed by atoms with E-state index in [1.54, 1.807) is 48.5 Å². The Hall–Kier alpha value is -2.18. The third-order valence-corrected chi connectivity index (χ3v) is 7.96. The first-order valence-corrected chi connectivity index (χ1v) is 15.7. The van der Waals surface area contributed by atoms with E-state index in [9.17, 15) is 13.2 Å². The van der Waals surface area contributed by atoms with Crippen LogP contribution in [0.25, 0.3) is 0 Å². The number of carbonyl (C=O) groups excluding carboxylic acids is 1. The molecule has 1 atom stereocenters. The number of Topliss-reactive ketones (excluding diaryl/α,β-unsaturated/α-hetero) is 1. The summed E-state index contributed by atoms with van der Waals surface area (Å²) in [6, 6.07) is 15.5. The number of hydrogen-bond acceptors (Lipinski definition) is 5. The van der Waals surface area contributed by atoms with Gasteiger partial charge < -0.3 is 4.74 Å². The van der Waals surface area contributed by atoms with Gasteiger partial charge in [0.2, 0.25) is 0 Å². The van der Waals surface area contributed by atoms with E-state index < -0.39 is 22.0 Å². The van der Waals surface area contributed by atoms with Crippen LogP contribution in [0.15, 0.2) is 54.6 Å². The van der Waals surface area contributed by atoms with Crippen molar-refractivity contribution in [1.29, 1.82) is 0 Å². The zero-order chi connectivity index (χ0) is 26.8. The number of carbonyl (C=O) groups is 1. The maximum absolute atomic E-state index is 13.2. The molecule has 0 aliphatic heterocycles. The van der Waals surface area contributed by atoms with E-state index in [4.69, 9.17) is 8.92 Å². The minimum Gasteiger partial charge on any atom is -0.497 e. The van der Waals surface area contributed by atoms with Gasteiger partial charge in [-0.05, 0) is 24.1 Å². The Kier molecular flexibility index (Phi) is 15.2. The van der Waals surface area contributed by atoms with Crippen molar-refractivity contribution in [1.82, 2.24) is 0 Å². The van der Waals surface area contributed by atoms with Crippen molar-refractivity contribution in [2.24, 2.45) is 0 Å². The lowest BCUT2D eigenvalue weighted by Gasteiger charge is -2.17. The third kappa shape index (κ3) is 12.8. The van der Waals surface area contributed by atoms with Gasteiger partial charge in [0.25, 0.3) is 10.1 Å². The molecule has 5 nitrogen and oxygen atoms in total. The van der Waals surface area contributed by atoms with Crippen LogP contribution in [0.5, 0.6) is 5.75 Å². The summed E-state index contributed by atoms with van der Waals surface area (Å²) in [6.45, 7) is 2.25. The Morgan fingerprint density at radius 3 is 1.81 bits per heavy atom. The van der Waals surface area contributed by atoms with Gasteiger partial charge in [-0.25, -0.2) is 0 Å². The van der Waals surface area contributed by atoms with E-state index in [0.717, 1.165) is 19.3 Å². The largest absolute Gasteiger partial charge is 0.497 e. The van der Waals surface area contributed by atoms with Crippen LogP contribution >= 0.6 is 0 Å². The number of ether oxygens (including phenoxy) is 1. The average molecular weight is 531 g/mol. The van der Waals surface area contributed by atoms with Crippen molar-refractivity contribution in [3.63, 3.8) is 0 Å². The highest BCUT2D eigenvalue weighted by molar-refractivity contribution is 7.86. The second kappa shape index (κ2) is 18.1. The van der Waals surface area contributed by atoms with Crippen molar-refractivity contribution in [2.75, 3.05) is 12.9 Å². The summed E-state index contributed by atoms with van der Waals surface area (Å²) in [6.07, 6.45) is 15.6. The van der Waals surface area contributed by atoms with Crippen molar-refractivity contribution in [3.05, 3.63) is 65.7 Å². The molecular formula is C31H46O5S. The van der Waals surface area contributed by atoms with E-state index in [1.807, 2.05) is 6.07 Å². The maximum atomic E-state index is 13.2. The van der Waals surface area contributed by atoms with E-state index in [1.165, 1.54) is 71.3 Å². The first-order valence-electron chi connectivity index (χ1n) is 14.1. The van der Waals surface area contributed by atoms with Gasteiger partial charge in [0, 0.05) is 5.56 Å². The van der Waals surface area contributed by atoms with Gasteiger partial charge in [-0.3, -0.25) is 8.98 Å². The molecule has 0 N–H and O–H groups in total. The SMILES string of the molecule is CCCCCCCCCCCCCCCCS(=O)(=O)OC(C(=O)c1cccc(OC)c1)c1ccccc1. The van der Waals surface area contributed by atoms with Crippen molar-refractivity contribution in [2.45, 2.75) is 103 Å². The van der Waals surface area contributed by atoms with Crippen LogP contribution in [-0.4, -0.2) is 27.1 Å². The quantitative estimate of drug-likeness (QED) is 0.0920. The zero-order valence-electron chi connectivity index (χ0n) is 22.8. The molecule has 206 valence electrons. The van der Waals surface area contributed by atoms with Gasteiger partial charge in [-0.15, -0.1) is 0 Å². The van der Waals surface area contributed by atoms with E-state index >= 15 is 0 Å². The smallest absolute Gasteiger partial charge is 0.268 e. The minimum absolute atomic E-state index is 0.0836. The maximum Gasteiger partial charge on any atom is 0.268 e. The third-order valence-electron chi connectivity index (χ3n) is 6.69. The molecular weight excluding hydrogens is 484 g/mol. The first kappa shape index (κ1) is 31.0. The van der Waals surface area contributed by atoms with Crippen molar-refractivity contribution < 1.29 is 22.1 Å². The minimum atomic E-state index is -3.87. The Morgan fingerprint density at radius 2 is 1.27 bits per heavy atom. The Labute approximate surface area is 225 Å². The van der Waals surface area contributed by atoms with E-state index in [-0.39, 0.29) is 5.75 Å². The summed E-state index contributed by atoms with van der Waals surface area (Å²) in [5.74, 6) is 0.0392. The lowest BCUT2D eigenvalue weighted by atomic mass is 10.00. The summed E-state index contributed by atoms with van der Waals surface area (Å²) < 4.78 is 36.3. The van der Waals surface area contributed by atoms with Gasteiger partial charge in [-0.1, -0.05) is 133 Å². The number of methoxy groups -OCH3 is 1. The highest BCUT2D eigenvalue weighted by atomic mass is 32.2. The number of hydrogen-bond donors (Lipinski definition) is 0. The molecule has 6 heteroatoms. The summed E-state index contributed by atoms with van der Waals surface area (Å²) in [4.78, 5) is 13.2. The first-order chi connectivity index (χ1) is 18.0. The fraction of sp³-hybridized carbons (Fsp3) is 0.581. The van der Waals surface area contributed by atoms with Gasteiger partial charge >= 0.3 is 0 Å². The molecule has 0 aliphatic rings. The van der Waals surface area contributed by atoms with Gasteiger partial charge in [0.1, 0.15) is 5.75 Å². The predicted octanol–water partition coefficient (Wildman–Crippen LogP) is 8.45. The van der Waals surface area contributed by atoms with Crippen LogP contribution in [-0.2, 0) is 14.3 Å². The molecule has 0 bridgehead atoms. The van der Waals surface area contributed by atoms with Gasteiger partial charge in [0.05, 0.1) is 12.9 Å². The molecule has 0 amide bonds. The van der Waals surface area contributed by atoms with Crippen LogP contribution in [0, 0.1) is 0 Å². The lowest BCUT2D eigenvalue weighted by Crippen LogP contribution is -2.22. The summed E-state index contributed by atoms with van der Waals surface area (Å²) in [5.41, 5.74) is 0.861. The number of unbranched alkanes of at least 4 members (excludes halogenated alkanes) is 13. The Morgan fingerprint density at radius 1 is 0.730 bits per heavy atom. The van der Waals surface area contributed by atoms with Crippen LogP contribution < -0.4 is 4.74 Å². The molecule has 0 fully saturated rings. The summed E-state index contributed by atoms with van der Waals surface area (Å²) in [5, 5.41) is 0. The highest BCUT2D eigenvalue weighted by Crippen LogP contribution is 2.27. The van der Waals surface area contributed by atoms with Gasteiger partial charge in [0.15, 0.2) is 11.9 Å². The van der Waals surface area contributed by atoms with Crippen LogP contribution in [0.3, 0.4) is 0 Å². The van der Waals surface area contributed by atoms with Crippen LogP contribution in [0.2, 0.25) is 0 Å². The fourth-order valence-corrected chi connectivity index (χ4v) is 5.62. The van der Waals surface area contributed by atoms with Crippen molar-refractivity contribution in [3.8, 4) is 5.75 Å². The van der Waals surface area contributed by atoms with Crippen molar-refractivity contribution >= 4 is 15.9 Å². The molecule has 0 aromatic heterocycles. The molecule has 0 heterocycles. The summed E-state index contributed by atoms with van der Waals surface area (Å²) in [7, 11) is -2.34. The average Bonchev–Trinajstić information content (AvgIpc) is 2.92. The second-order valence-corrected chi connectivity index (χ2v) is 11.6. The molecule has 0 saturated heterocycles. The number of rotatable bonds is 21. The Bertz CT molecular complexity index is 988. The molecule has 2 rings (SSSR count). The topological polar surface area (TPSA) is 69.7 Å². The number of benzene rings is 2. The molecule has 2 aromatic carbocycles. The Balaban J connectivity index is 1.73. The second-order valence-electron chi connectivity index (χ2n) is 9.84. The summed E-state index contributed by atoms with van der Waals surface area (Å²) >= 11 is 0. The molecule has 1 unspecified atom stereocenters. The van der Waals surface area contributed by atoms with E-state index in [2.05, 4.69) is 6.92 Å². The fourth-order valence-electron chi connectivity index (χ4n) is 4.47. The highest BCUT2D eigenvalue weighted by Gasteiger charge is 2.28. The van der Waals surface area contributed by atoms with Crippen LogP contribution in [0.1, 0.15) is 119 Å². The zero-order valence-corrected chi connectivity index (χ0v) is 23.6. The van der Waals surface area contributed by atoms with Crippen LogP contribution in [0.4, 0.5) is 0 Å². The molecule has 0 saturated carbocycles. The van der Waals surface area contributed by atoms with Gasteiger partial charge in [-0.2, -0.15) is 8.42 Å². The van der Waals surface area contributed by atoms with E-state index in [0.29, 0.717) is 23.3 Å².